The summed E-state index contributed by atoms with van der Waals surface area (Å²) in [5, 5.41) is 11.7. The van der Waals surface area contributed by atoms with Crippen LogP contribution in [0.4, 0.5) is 5.13 Å². The summed E-state index contributed by atoms with van der Waals surface area (Å²) in [6.45, 7) is 0. The van der Waals surface area contributed by atoms with Crippen molar-refractivity contribution in [3.05, 3.63) is 39.2 Å². The Hall–Kier alpha value is -2.54. The van der Waals surface area contributed by atoms with Gasteiger partial charge in [0.1, 0.15) is 6.34 Å². The number of rotatable bonds is 1. The molecule has 0 atom stereocenters. The van der Waals surface area contributed by atoms with Gasteiger partial charge in [0, 0.05) is 12.6 Å². The third-order valence-electron chi connectivity index (χ3n) is 2.80. The normalized spacial score (nSPS) is 16.2. The van der Waals surface area contributed by atoms with Gasteiger partial charge in [-0.2, -0.15) is 4.98 Å². The first kappa shape index (κ1) is 12.5. The molecule has 7 heteroatoms. The van der Waals surface area contributed by atoms with Gasteiger partial charge in [-0.3, -0.25) is 4.99 Å². The molecule has 1 aromatic carbocycles. The molecular weight excluding hydrogens is 274 g/mol. The maximum absolute atomic E-state index is 9.65. The largest absolute Gasteiger partial charge is 0.492 e. The first-order valence-corrected chi connectivity index (χ1v) is 6.63. The topological polar surface area (TPSA) is 96.2 Å². The van der Waals surface area contributed by atoms with Crippen LogP contribution in [0.3, 0.4) is 0 Å². The first-order valence-electron chi connectivity index (χ1n) is 5.82. The van der Waals surface area contributed by atoms with Crippen molar-refractivity contribution in [3.8, 4) is 5.88 Å². The average molecular weight is 285 g/mol. The van der Waals surface area contributed by atoms with Crippen LogP contribution in [-0.2, 0) is 0 Å². The van der Waals surface area contributed by atoms with Crippen molar-refractivity contribution in [2.24, 2.45) is 15.0 Å². The highest BCUT2D eigenvalue weighted by molar-refractivity contribution is 7.16. The van der Waals surface area contributed by atoms with Crippen molar-refractivity contribution in [2.45, 2.75) is 0 Å². The summed E-state index contributed by atoms with van der Waals surface area (Å²) in [4.78, 5) is 16.8. The van der Waals surface area contributed by atoms with E-state index < -0.39 is 0 Å². The second kappa shape index (κ2) is 4.86. The van der Waals surface area contributed by atoms with Crippen LogP contribution < -0.4 is 16.3 Å². The van der Waals surface area contributed by atoms with E-state index in [1.807, 2.05) is 24.3 Å². The summed E-state index contributed by atoms with van der Waals surface area (Å²) in [7, 11) is 1.69. The molecule has 6 nitrogen and oxygen atoms in total. The molecule has 3 rings (SSSR count). The van der Waals surface area contributed by atoms with Gasteiger partial charge in [-0.05, 0) is 23.4 Å². The Bertz CT molecular complexity index is 850. The molecule has 2 aromatic rings. The predicted molar refractivity (Wildman–Crippen MR) is 79.9 cm³/mol. The molecule has 100 valence electrons. The van der Waals surface area contributed by atoms with Gasteiger partial charge in [-0.25, -0.2) is 9.98 Å². The Labute approximate surface area is 118 Å². The lowest BCUT2D eigenvalue weighted by Gasteiger charge is -2.04. The lowest BCUT2D eigenvalue weighted by atomic mass is 10.1. The van der Waals surface area contributed by atoms with E-state index in [4.69, 9.17) is 5.73 Å². The van der Waals surface area contributed by atoms with E-state index in [2.05, 4.69) is 20.0 Å². The standard InChI is InChI=1S/C13H11N5OS/c1-15-11-8-4-7(2-3-9(8)16-6-17-11)5-10-12(19)18-13(14)20-10/h2-6,19H,1H3,(H2,14,18)/b7-5+,15-11?. The SMILES string of the molecule is CN=C1N=CN=c2cc/c(=C\c3sc(N)nc3O)cc21. The number of benzene rings is 1. The minimum Gasteiger partial charge on any atom is -0.492 e. The molecule has 0 aliphatic carbocycles. The number of nitrogens with zero attached hydrogens (tertiary/aromatic N) is 4. The van der Waals surface area contributed by atoms with Crippen LogP contribution in [0.2, 0.25) is 0 Å². The average Bonchev–Trinajstić information content (AvgIpc) is 2.76. The summed E-state index contributed by atoms with van der Waals surface area (Å²) < 4.78 is 0. The summed E-state index contributed by atoms with van der Waals surface area (Å²) >= 11 is 1.23. The highest BCUT2D eigenvalue weighted by atomic mass is 32.1. The fraction of sp³-hybridized carbons (Fsp3) is 0.0769. The second-order valence-electron chi connectivity index (χ2n) is 4.08. The van der Waals surface area contributed by atoms with Crippen molar-refractivity contribution < 1.29 is 5.11 Å². The number of anilines is 1. The number of nitrogen functional groups attached to an aromatic ring is 1. The molecule has 20 heavy (non-hydrogen) atoms. The Morgan fingerprint density at radius 3 is 2.95 bits per heavy atom. The minimum absolute atomic E-state index is 0.0580. The van der Waals surface area contributed by atoms with E-state index in [-0.39, 0.29) is 5.88 Å². The Balaban J connectivity index is 2.17. The van der Waals surface area contributed by atoms with Crippen molar-refractivity contribution >= 4 is 34.7 Å². The third kappa shape index (κ3) is 2.19. The molecule has 3 N–H and O–H groups in total. The van der Waals surface area contributed by atoms with Crippen molar-refractivity contribution in [1.29, 1.82) is 0 Å². The predicted octanol–water partition coefficient (Wildman–Crippen LogP) is 0.298. The van der Waals surface area contributed by atoms with Crippen LogP contribution in [0.1, 0.15) is 10.4 Å². The number of thiazole rings is 1. The number of hydrogen-bond acceptors (Lipinski definition) is 6. The number of hydrogen-bond donors (Lipinski definition) is 2. The first-order chi connectivity index (χ1) is 9.67. The van der Waals surface area contributed by atoms with Crippen LogP contribution in [0, 0.1) is 0 Å². The number of nitrogens with two attached hydrogens (primary N) is 1. The van der Waals surface area contributed by atoms with E-state index in [1.165, 1.54) is 17.7 Å². The van der Waals surface area contributed by atoms with Gasteiger partial charge in [-0.15, -0.1) is 0 Å². The van der Waals surface area contributed by atoms with E-state index in [0.717, 1.165) is 16.1 Å². The molecule has 0 unspecified atom stereocenters. The van der Waals surface area contributed by atoms with Gasteiger partial charge < -0.3 is 10.8 Å². The number of fused-ring (bicyclic) bond motifs is 1. The highest BCUT2D eigenvalue weighted by Gasteiger charge is 2.08. The van der Waals surface area contributed by atoms with Crippen LogP contribution in [0.25, 0.3) is 6.08 Å². The maximum Gasteiger partial charge on any atom is 0.231 e. The van der Waals surface area contributed by atoms with Gasteiger partial charge in [0.05, 0.1) is 10.2 Å². The lowest BCUT2D eigenvalue weighted by molar-refractivity contribution is 0.457. The van der Waals surface area contributed by atoms with Gasteiger partial charge in [0.25, 0.3) is 0 Å². The van der Waals surface area contributed by atoms with Crippen LogP contribution in [0.5, 0.6) is 5.88 Å². The monoisotopic (exact) mass is 285 g/mol. The molecule has 0 saturated heterocycles. The van der Waals surface area contributed by atoms with Crippen LogP contribution in [0.15, 0.2) is 33.2 Å². The third-order valence-corrected chi connectivity index (χ3v) is 3.62. The molecular formula is C13H11N5OS. The molecule has 0 bridgehead atoms. The molecule has 1 aliphatic rings. The summed E-state index contributed by atoms with van der Waals surface area (Å²) in [6, 6.07) is 5.72. The fourth-order valence-electron chi connectivity index (χ4n) is 1.91. The van der Waals surface area contributed by atoms with E-state index in [1.54, 1.807) is 7.05 Å². The Morgan fingerprint density at radius 1 is 1.40 bits per heavy atom. The van der Waals surface area contributed by atoms with Crippen LogP contribution in [-0.4, -0.2) is 29.3 Å². The van der Waals surface area contributed by atoms with Crippen molar-refractivity contribution in [1.82, 2.24) is 4.98 Å². The Morgan fingerprint density at radius 2 is 2.25 bits per heavy atom. The Kier molecular flexibility index (Phi) is 3.03. The molecule has 0 spiro atoms. The van der Waals surface area contributed by atoms with Crippen molar-refractivity contribution in [3.63, 3.8) is 0 Å². The summed E-state index contributed by atoms with van der Waals surface area (Å²) in [6.07, 6.45) is 3.30. The van der Waals surface area contributed by atoms with Gasteiger partial charge in [-0.1, -0.05) is 17.4 Å². The quantitative estimate of drug-likeness (QED) is 0.788. The number of aromatic nitrogens is 1. The van der Waals surface area contributed by atoms with Crippen molar-refractivity contribution in [2.75, 3.05) is 12.8 Å². The number of aliphatic imine (C=N–C) groups is 2. The van der Waals surface area contributed by atoms with Crippen LogP contribution >= 0.6 is 11.3 Å². The molecule has 0 saturated carbocycles. The highest BCUT2D eigenvalue weighted by Crippen LogP contribution is 2.25. The minimum atomic E-state index is -0.0580. The van der Waals surface area contributed by atoms with E-state index in [0.29, 0.717) is 15.8 Å². The maximum atomic E-state index is 9.65. The zero-order valence-electron chi connectivity index (χ0n) is 10.6. The lowest BCUT2D eigenvalue weighted by Crippen LogP contribution is -2.22. The smallest absolute Gasteiger partial charge is 0.231 e. The molecule has 1 aromatic heterocycles. The zero-order valence-corrected chi connectivity index (χ0v) is 11.4. The molecule has 0 radical (unpaired) electrons. The number of aromatic hydroxyl groups is 1. The number of amidine groups is 1. The molecule has 0 amide bonds. The summed E-state index contributed by atoms with van der Waals surface area (Å²) in [5.41, 5.74) is 6.42. The fourth-order valence-corrected chi connectivity index (χ4v) is 2.60. The van der Waals surface area contributed by atoms with Gasteiger partial charge >= 0.3 is 0 Å². The van der Waals surface area contributed by atoms with E-state index >= 15 is 0 Å². The van der Waals surface area contributed by atoms with Gasteiger partial charge in [0.2, 0.25) is 5.88 Å². The summed E-state index contributed by atoms with van der Waals surface area (Å²) in [5.74, 6) is 0.579. The molecule has 1 aliphatic heterocycles. The van der Waals surface area contributed by atoms with E-state index in [9.17, 15) is 5.11 Å². The zero-order chi connectivity index (χ0) is 14.1. The molecule has 0 fully saturated rings. The van der Waals surface area contributed by atoms with Gasteiger partial charge in [0.15, 0.2) is 11.0 Å². The molecule has 2 heterocycles. The second-order valence-corrected chi connectivity index (χ2v) is 5.14.